The minimum atomic E-state index is 1.07. The van der Waals surface area contributed by atoms with Gasteiger partial charge in [0.1, 0.15) is 0 Å². The molecule has 2 aliphatic rings. The first-order valence-corrected chi connectivity index (χ1v) is 9.98. The van der Waals surface area contributed by atoms with Crippen molar-refractivity contribution in [1.29, 1.82) is 0 Å². The van der Waals surface area contributed by atoms with E-state index in [0.717, 1.165) is 32.6 Å². The van der Waals surface area contributed by atoms with Crippen molar-refractivity contribution in [2.75, 3.05) is 50.7 Å². The summed E-state index contributed by atoms with van der Waals surface area (Å²) < 4.78 is 0. The highest BCUT2D eigenvalue weighted by molar-refractivity contribution is 5.53. The summed E-state index contributed by atoms with van der Waals surface area (Å²) in [5.41, 5.74) is 5.52. The number of benzene rings is 1. The Hall–Kier alpha value is -1.91. The monoisotopic (exact) mass is 350 g/mol. The van der Waals surface area contributed by atoms with Crippen LogP contribution in [0.1, 0.15) is 23.2 Å². The van der Waals surface area contributed by atoms with E-state index in [1.54, 1.807) is 0 Å². The second-order valence-corrected chi connectivity index (χ2v) is 7.60. The Morgan fingerprint density at radius 1 is 0.885 bits per heavy atom. The van der Waals surface area contributed by atoms with Crippen molar-refractivity contribution in [3.8, 4) is 0 Å². The third-order valence-electron chi connectivity index (χ3n) is 5.82. The number of pyridine rings is 1. The zero-order chi connectivity index (χ0) is 17.8. The van der Waals surface area contributed by atoms with Gasteiger partial charge in [-0.2, -0.15) is 0 Å². The number of aromatic nitrogens is 1. The van der Waals surface area contributed by atoms with Crippen molar-refractivity contribution in [3.63, 3.8) is 0 Å². The SMILES string of the molecule is Cc1ccccc1N1CCN(CCCN2CCc3ncccc3C2)CC1. The van der Waals surface area contributed by atoms with Crippen LogP contribution in [0, 0.1) is 6.92 Å². The first kappa shape index (κ1) is 17.5. The molecule has 0 saturated carbocycles. The summed E-state index contributed by atoms with van der Waals surface area (Å²) in [4.78, 5) is 12.3. The molecule has 26 heavy (non-hydrogen) atoms. The van der Waals surface area contributed by atoms with Crippen LogP contribution in [0.3, 0.4) is 0 Å². The molecule has 4 rings (SSSR count). The normalized spacial score (nSPS) is 18.7. The van der Waals surface area contributed by atoms with Gasteiger partial charge >= 0.3 is 0 Å². The standard InChI is InChI=1S/C22H30N4/c1-19-6-2-3-8-22(19)26-16-14-24(15-17-26)11-5-12-25-13-9-21-20(18-25)7-4-10-23-21/h2-4,6-8,10H,5,9,11-18H2,1H3. The highest BCUT2D eigenvalue weighted by atomic mass is 15.3. The summed E-state index contributed by atoms with van der Waals surface area (Å²) in [5.74, 6) is 0. The summed E-state index contributed by atoms with van der Waals surface area (Å²) in [6, 6.07) is 13.1. The maximum Gasteiger partial charge on any atom is 0.0461 e. The first-order valence-electron chi connectivity index (χ1n) is 9.98. The molecule has 1 fully saturated rings. The van der Waals surface area contributed by atoms with Crippen LogP contribution < -0.4 is 4.90 Å². The van der Waals surface area contributed by atoms with Gasteiger partial charge in [-0.1, -0.05) is 24.3 Å². The molecule has 2 aliphatic heterocycles. The maximum atomic E-state index is 4.51. The summed E-state index contributed by atoms with van der Waals surface area (Å²) in [6.07, 6.45) is 4.29. The molecular weight excluding hydrogens is 320 g/mol. The third-order valence-corrected chi connectivity index (χ3v) is 5.82. The molecule has 1 aromatic carbocycles. The van der Waals surface area contributed by atoms with Crippen LogP contribution in [0.2, 0.25) is 0 Å². The van der Waals surface area contributed by atoms with E-state index >= 15 is 0 Å². The Morgan fingerprint density at radius 2 is 1.69 bits per heavy atom. The topological polar surface area (TPSA) is 22.6 Å². The average Bonchev–Trinajstić information content (AvgIpc) is 2.69. The van der Waals surface area contributed by atoms with Crippen LogP contribution in [0.5, 0.6) is 0 Å². The minimum absolute atomic E-state index is 1.07. The third kappa shape index (κ3) is 4.08. The van der Waals surface area contributed by atoms with E-state index < -0.39 is 0 Å². The van der Waals surface area contributed by atoms with Crippen LogP contribution in [-0.4, -0.2) is 60.6 Å². The van der Waals surface area contributed by atoms with Crippen molar-refractivity contribution in [3.05, 3.63) is 59.4 Å². The van der Waals surface area contributed by atoms with Gasteiger partial charge in [0.15, 0.2) is 0 Å². The Bertz CT molecular complexity index is 722. The van der Waals surface area contributed by atoms with Gasteiger partial charge < -0.3 is 4.90 Å². The molecule has 1 aromatic heterocycles. The number of fused-ring (bicyclic) bond motifs is 1. The molecule has 4 nitrogen and oxygen atoms in total. The summed E-state index contributed by atoms with van der Waals surface area (Å²) in [7, 11) is 0. The molecular formula is C22H30N4. The van der Waals surface area contributed by atoms with E-state index in [-0.39, 0.29) is 0 Å². The number of anilines is 1. The predicted molar refractivity (Wildman–Crippen MR) is 108 cm³/mol. The molecule has 0 unspecified atom stereocenters. The highest BCUT2D eigenvalue weighted by Crippen LogP contribution is 2.21. The predicted octanol–water partition coefficient (Wildman–Crippen LogP) is 2.96. The fourth-order valence-corrected chi connectivity index (χ4v) is 4.26. The average molecular weight is 351 g/mol. The number of hydrogen-bond donors (Lipinski definition) is 0. The largest absolute Gasteiger partial charge is 0.369 e. The van der Waals surface area contributed by atoms with Crippen LogP contribution >= 0.6 is 0 Å². The van der Waals surface area contributed by atoms with Crippen LogP contribution in [-0.2, 0) is 13.0 Å². The summed E-state index contributed by atoms with van der Waals surface area (Å²) in [6.45, 7) is 11.5. The Morgan fingerprint density at radius 3 is 2.54 bits per heavy atom. The molecule has 3 heterocycles. The molecule has 0 spiro atoms. The lowest BCUT2D eigenvalue weighted by atomic mass is 10.1. The number of rotatable bonds is 5. The molecule has 0 amide bonds. The van der Waals surface area contributed by atoms with E-state index in [1.165, 1.54) is 55.1 Å². The molecule has 1 saturated heterocycles. The van der Waals surface area contributed by atoms with Crippen molar-refractivity contribution in [1.82, 2.24) is 14.8 Å². The van der Waals surface area contributed by atoms with Gasteiger partial charge in [0, 0.05) is 63.3 Å². The first-order chi connectivity index (χ1) is 12.8. The van der Waals surface area contributed by atoms with E-state index in [4.69, 9.17) is 0 Å². The smallest absolute Gasteiger partial charge is 0.0461 e. The molecule has 4 heteroatoms. The number of hydrogen-bond acceptors (Lipinski definition) is 4. The fourth-order valence-electron chi connectivity index (χ4n) is 4.26. The summed E-state index contributed by atoms with van der Waals surface area (Å²) in [5, 5.41) is 0. The Kier molecular flexibility index (Phi) is 5.51. The zero-order valence-electron chi connectivity index (χ0n) is 15.9. The lowest BCUT2D eigenvalue weighted by Crippen LogP contribution is -2.47. The second-order valence-electron chi connectivity index (χ2n) is 7.60. The van der Waals surface area contributed by atoms with Crippen LogP contribution in [0.4, 0.5) is 5.69 Å². The molecule has 0 aliphatic carbocycles. The van der Waals surface area contributed by atoms with Crippen molar-refractivity contribution in [2.24, 2.45) is 0 Å². The number of nitrogens with zero attached hydrogens (tertiary/aromatic N) is 4. The Labute approximate surface area is 157 Å². The quantitative estimate of drug-likeness (QED) is 0.827. The van der Waals surface area contributed by atoms with Gasteiger partial charge in [-0.25, -0.2) is 0 Å². The van der Waals surface area contributed by atoms with E-state index in [0.29, 0.717) is 0 Å². The molecule has 0 N–H and O–H groups in total. The fraction of sp³-hybridized carbons (Fsp3) is 0.500. The number of piperazine rings is 1. The molecule has 0 radical (unpaired) electrons. The molecule has 0 atom stereocenters. The van der Waals surface area contributed by atoms with Gasteiger partial charge in [0.25, 0.3) is 0 Å². The van der Waals surface area contributed by atoms with Crippen molar-refractivity contribution < 1.29 is 0 Å². The molecule has 0 bridgehead atoms. The molecule has 2 aromatic rings. The lowest BCUT2D eigenvalue weighted by Gasteiger charge is -2.37. The number of aryl methyl sites for hydroxylation is 1. The van der Waals surface area contributed by atoms with Crippen LogP contribution in [0.25, 0.3) is 0 Å². The lowest BCUT2D eigenvalue weighted by molar-refractivity contribution is 0.209. The minimum Gasteiger partial charge on any atom is -0.369 e. The summed E-state index contributed by atoms with van der Waals surface area (Å²) >= 11 is 0. The van der Waals surface area contributed by atoms with Crippen molar-refractivity contribution >= 4 is 5.69 Å². The second kappa shape index (κ2) is 8.19. The number of para-hydroxylation sites is 1. The zero-order valence-corrected chi connectivity index (χ0v) is 15.9. The van der Waals surface area contributed by atoms with Gasteiger partial charge in [0.2, 0.25) is 0 Å². The van der Waals surface area contributed by atoms with E-state index in [2.05, 4.69) is 63.0 Å². The van der Waals surface area contributed by atoms with Crippen molar-refractivity contribution in [2.45, 2.75) is 26.3 Å². The van der Waals surface area contributed by atoms with E-state index in [1.807, 2.05) is 6.20 Å². The van der Waals surface area contributed by atoms with E-state index in [9.17, 15) is 0 Å². The Balaban J connectivity index is 1.20. The van der Waals surface area contributed by atoms with Gasteiger partial charge in [-0.15, -0.1) is 0 Å². The molecule has 138 valence electrons. The van der Waals surface area contributed by atoms with Gasteiger partial charge in [-0.3, -0.25) is 14.8 Å². The van der Waals surface area contributed by atoms with Crippen LogP contribution in [0.15, 0.2) is 42.6 Å². The highest BCUT2D eigenvalue weighted by Gasteiger charge is 2.19. The maximum absolute atomic E-state index is 4.51. The van der Waals surface area contributed by atoms with Gasteiger partial charge in [-0.05, 0) is 49.7 Å². The van der Waals surface area contributed by atoms with Gasteiger partial charge in [0.05, 0.1) is 0 Å².